The summed E-state index contributed by atoms with van der Waals surface area (Å²) < 4.78 is 0.854. The summed E-state index contributed by atoms with van der Waals surface area (Å²) in [6.45, 7) is 6.51. The van der Waals surface area contributed by atoms with E-state index in [1.54, 1.807) is 0 Å². The fourth-order valence-electron chi connectivity index (χ4n) is 2.15. The molecule has 19 heavy (non-hydrogen) atoms. The van der Waals surface area contributed by atoms with Crippen molar-refractivity contribution >= 4 is 45.3 Å². The predicted molar refractivity (Wildman–Crippen MR) is 90.0 cm³/mol. The van der Waals surface area contributed by atoms with Crippen molar-refractivity contribution in [2.24, 2.45) is 0 Å². The Bertz CT molecular complexity index is 454. The number of hydrogen-bond acceptors (Lipinski definition) is 5. The first kappa shape index (κ1) is 15.4. The number of anilines is 1. The van der Waals surface area contributed by atoms with E-state index in [1.165, 1.54) is 11.5 Å². The molecule has 1 aliphatic heterocycles. The van der Waals surface area contributed by atoms with Gasteiger partial charge in [0.2, 0.25) is 0 Å². The molecule has 0 aromatic carbocycles. The molecule has 0 bridgehead atoms. The van der Waals surface area contributed by atoms with Crippen LogP contribution in [-0.4, -0.2) is 26.7 Å². The minimum absolute atomic E-state index is 0.347. The molecule has 106 valence electrons. The van der Waals surface area contributed by atoms with Crippen LogP contribution < -0.4 is 5.73 Å². The Morgan fingerprint density at radius 1 is 1.32 bits per heavy atom. The predicted octanol–water partition coefficient (Wildman–Crippen LogP) is 4.24. The number of nitrogens with two attached hydrogens (primary N) is 1. The van der Waals surface area contributed by atoms with Crippen molar-refractivity contribution < 1.29 is 0 Å². The maximum atomic E-state index is 6.04. The van der Waals surface area contributed by atoms with E-state index in [0.29, 0.717) is 22.2 Å². The van der Waals surface area contributed by atoms with E-state index >= 15 is 0 Å². The molecule has 0 radical (unpaired) electrons. The first-order valence-electron chi connectivity index (χ1n) is 6.60. The van der Waals surface area contributed by atoms with Crippen LogP contribution in [0.25, 0.3) is 0 Å². The normalized spacial score (nSPS) is 23.8. The van der Waals surface area contributed by atoms with E-state index in [4.69, 9.17) is 10.7 Å². The Morgan fingerprint density at radius 2 is 2.00 bits per heavy atom. The molecule has 2 unspecified atom stereocenters. The number of rotatable bonds is 3. The number of nitrogen functional groups attached to an aromatic ring is 1. The molecule has 0 saturated carbocycles. The van der Waals surface area contributed by atoms with Gasteiger partial charge in [0.05, 0.1) is 15.4 Å². The SMILES string of the molecule is CCC1SCCSC1c1nc(N)c(Br)c(C(C)C)n1. The van der Waals surface area contributed by atoms with Crippen LogP contribution >= 0.6 is 39.5 Å². The molecule has 1 saturated heterocycles. The highest BCUT2D eigenvalue weighted by atomic mass is 79.9. The zero-order valence-electron chi connectivity index (χ0n) is 11.5. The zero-order valence-corrected chi connectivity index (χ0v) is 14.7. The van der Waals surface area contributed by atoms with Gasteiger partial charge in [0.15, 0.2) is 0 Å². The molecular weight excluding hydrogens is 342 g/mol. The first-order valence-corrected chi connectivity index (χ1v) is 9.49. The Hall–Kier alpha value is 0.0600. The third-order valence-electron chi connectivity index (χ3n) is 3.17. The minimum atomic E-state index is 0.347. The van der Waals surface area contributed by atoms with E-state index in [0.717, 1.165) is 22.4 Å². The van der Waals surface area contributed by atoms with Crippen molar-refractivity contribution in [2.45, 2.75) is 43.6 Å². The largest absolute Gasteiger partial charge is 0.383 e. The molecule has 2 rings (SSSR count). The molecule has 2 N–H and O–H groups in total. The molecule has 6 heteroatoms. The van der Waals surface area contributed by atoms with Gasteiger partial charge in [-0.25, -0.2) is 9.97 Å². The molecule has 1 aromatic heterocycles. The van der Waals surface area contributed by atoms with Crippen molar-refractivity contribution in [1.82, 2.24) is 9.97 Å². The third-order valence-corrected chi connectivity index (χ3v) is 7.23. The standard InChI is InChI=1S/C13H20BrN3S2/c1-4-8-11(19-6-5-18-8)13-16-10(7(2)3)9(14)12(15)17-13/h7-8,11H,4-6H2,1-3H3,(H2,15,16,17). The summed E-state index contributed by atoms with van der Waals surface area (Å²) in [5.41, 5.74) is 7.06. The van der Waals surface area contributed by atoms with E-state index in [9.17, 15) is 0 Å². The number of aromatic nitrogens is 2. The van der Waals surface area contributed by atoms with Gasteiger partial charge in [-0.3, -0.25) is 0 Å². The van der Waals surface area contributed by atoms with Gasteiger partial charge in [-0.1, -0.05) is 20.8 Å². The average Bonchev–Trinajstić information content (AvgIpc) is 2.41. The summed E-state index contributed by atoms with van der Waals surface area (Å²) in [6.07, 6.45) is 1.15. The second-order valence-electron chi connectivity index (χ2n) is 4.93. The van der Waals surface area contributed by atoms with Crippen molar-refractivity contribution in [3.63, 3.8) is 0 Å². The average molecular weight is 362 g/mol. The smallest absolute Gasteiger partial charge is 0.145 e. The highest BCUT2D eigenvalue weighted by Crippen LogP contribution is 2.43. The molecule has 2 atom stereocenters. The Kier molecular flexibility index (Phi) is 5.43. The first-order chi connectivity index (χ1) is 9.04. The van der Waals surface area contributed by atoms with Crippen molar-refractivity contribution in [3.05, 3.63) is 16.0 Å². The van der Waals surface area contributed by atoms with Crippen LogP contribution in [0.3, 0.4) is 0 Å². The third kappa shape index (κ3) is 3.39. The summed E-state index contributed by atoms with van der Waals surface area (Å²) >= 11 is 7.51. The monoisotopic (exact) mass is 361 g/mol. The molecule has 3 nitrogen and oxygen atoms in total. The van der Waals surface area contributed by atoms with Gasteiger partial charge >= 0.3 is 0 Å². The summed E-state index contributed by atoms with van der Waals surface area (Å²) in [4.78, 5) is 9.31. The lowest BCUT2D eigenvalue weighted by Gasteiger charge is -2.29. The van der Waals surface area contributed by atoms with Crippen LogP contribution in [0.2, 0.25) is 0 Å². The van der Waals surface area contributed by atoms with Crippen LogP contribution in [0.1, 0.15) is 49.9 Å². The lowest BCUT2D eigenvalue weighted by molar-refractivity contribution is 0.722. The van der Waals surface area contributed by atoms with E-state index in [2.05, 4.69) is 41.7 Å². The van der Waals surface area contributed by atoms with Crippen molar-refractivity contribution in [3.8, 4) is 0 Å². The molecule has 0 amide bonds. The number of hydrogen-bond donors (Lipinski definition) is 1. The Morgan fingerprint density at radius 3 is 2.63 bits per heavy atom. The van der Waals surface area contributed by atoms with Crippen molar-refractivity contribution in [2.75, 3.05) is 17.2 Å². The van der Waals surface area contributed by atoms with Crippen molar-refractivity contribution in [1.29, 1.82) is 0 Å². The second-order valence-corrected chi connectivity index (χ2v) is 8.32. The van der Waals surface area contributed by atoms with Gasteiger partial charge in [-0.05, 0) is 28.3 Å². The van der Waals surface area contributed by atoms with Crippen LogP contribution in [0.5, 0.6) is 0 Å². The Labute approximate surface area is 132 Å². The lowest BCUT2D eigenvalue weighted by Crippen LogP contribution is -2.21. The maximum absolute atomic E-state index is 6.04. The maximum Gasteiger partial charge on any atom is 0.145 e. The fraction of sp³-hybridized carbons (Fsp3) is 0.692. The van der Waals surface area contributed by atoms with Gasteiger partial charge in [0.1, 0.15) is 11.6 Å². The Balaban J connectivity index is 2.38. The molecule has 1 fully saturated rings. The molecule has 0 spiro atoms. The fourth-order valence-corrected chi connectivity index (χ4v) is 5.78. The molecule has 2 heterocycles. The van der Waals surface area contributed by atoms with E-state index < -0.39 is 0 Å². The summed E-state index contributed by atoms with van der Waals surface area (Å²) in [5, 5.41) is 0.969. The van der Waals surface area contributed by atoms with E-state index in [-0.39, 0.29) is 0 Å². The second kappa shape index (κ2) is 6.68. The summed E-state index contributed by atoms with van der Waals surface area (Å²) in [6, 6.07) is 0. The van der Waals surface area contributed by atoms with Crippen LogP contribution in [0.15, 0.2) is 4.47 Å². The van der Waals surface area contributed by atoms with Gasteiger partial charge < -0.3 is 5.73 Å². The molecular formula is C13H20BrN3S2. The quantitative estimate of drug-likeness (QED) is 0.871. The molecule has 1 aliphatic rings. The zero-order chi connectivity index (χ0) is 14.0. The lowest BCUT2D eigenvalue weighted by atomic mass is 10.1. The van der Waals surface area contributed by atoms with Crippen LogP contribution in [-0.2, 0) is 0 Å². The van der Waals surface area contributed by atoms with Crippen LogP contribution in [0.4, 0.5) is 5.82 Å². The van der Waals surface area contributed by atoms with Gasteiger partial charge in [-0.2, -0.15) is 11.8 Å². The summed E-state index contributed by atoms with van der Waals surface area (Å²) in [7, 11) is 0. The number of nitrogens with zero attached hydrogens (tertiary/aromatic N) is 2. The topological polar surface area (TPSA) is 51.8 Å². The summed E-state index contributed by atoms with van der Waals surface area (Å²) in [5.74, 6) is 4.22. The minimum Gasteiger partial charge on any atom is -0.383 e. The van der Waals surface area contributed by atoms with E-state index in [1.807, 2.05) is 23.5 Å². The number of halogens is 1. The van der Waals surface area contributed by atoms with Gasteiger partial charge in [0.25, 0.3) is 0 Å². The molecule has 1 aromatic rings. The van der Waals surface area contributed by atoms with Crippen LogP contribution in [0, 0.1) is 0 Å². The number of thioether (sulfide) groups is 2. The highest BCUT2D eigenvalue weighted by Gasteiger charge is 2.30. The van der Waals surface area contributed by atoms with Gasteiger partial charge in [0, 0.05) is 16.8 Å². The molecule has 0 aliphatic carbocycles. The van der Waals surface area contributed by atoms with Gasteiger partial charge in [-0.15, -0.1) is 11.8 Å². The highest BCUT2D eigenvalue weighted by molar-refractivity contribution is 9.10.